The lowest BCUT2D eigenvalue weighted by Gasteiger charge is -2.32. The van der Waals surface area contributed by atoms with Gasteiger partial charge in [0.15, 0.2) is 0 Å². The molecule has 1 aliphatic rings. The fourth-order valence-electron chi connectivity index (χ4n) is 3.22. The lowest BCUT2D eigenvalue weighted by molar-refractivity contribution is -0.131. The molecule has 0 saturated carbocycles. The zero-order chi connectivity index (χ0) is 19.2. The van der Waals surface area contributed by atoms with Crippen molar-refractivity contribution in [3.05, 3.63) is 65.7 Å². The average molecular weight is 404 g/mol. The Bertz CT molecular complexity index is 792. The van der Waals surface area contributed by atoms with Crippen LogP contribution in [0.5, 0.6) is 0 Å². The molecule has 1 aliphatic heterocycles. The van der Waals surface area contributed by atoms with Gasteiger partial charge in [-0.3, -0.25) is 14.5 Å². The molecule has 0 aromatic heterocycles. The minimum absolute atomic E-state index is 0. The lowest BCUT2D eigenvalue weighted by atomic mass is 10.1. The van der Waals surface area contributed by atoms with Crippen LogP contribution in [0, 0.1) is 0 Å². The van der Waals surface area contributed by atoms with Gasteiger partial charge in [-0.25, -0.2) is 0 Å². The smallest absolute Gasteiger partial charge is 0.258 e. The van der Waals surface area contributed by atoms with Gasteiger partial charge >= 0.3 is 0 Å². The van der Waals surface area contributed by atoms with Gasteiger partial charge in [-0.15, -0.1) is 12.4 Å². The number of nitrogens with zero attached hydrogens (tertiary/aromatic N) is 2. The van der Waals surface area contributed by atoms with Crippen LogP contribution in [0.4, 0.5) is 5.69 Å². The quantitative estimate of drug-likeness (QED) is 0.801. The summed E-state index contributed by atoms with van der Waals surface area (Å²) in [6.45, 7) is 1.34. The highest BCUT2D eigenvalue weighted by Gasteiger charge is 2.26. The number of halogens is 1. The van der Waals surface area contributed by atoms with Crippen molar-refractivity contribution < 1.29 is 14.7 Å². The number of nitrogens with two attached hydrogens (primary N) is 1. The van der Waals surface area contributed by atoms with Crippen LogP contribution in [0.1, 0.15) is 28.8 Å². The molecule has 7 heteroatoms. The van der Waals surface area contributed by atoms with Gasteiger partial charge in [0.05, 0.1) is 6.10 Å². The zero-order valence-electron chi connectivity index (χ0n) is 15.7. The molecule has 1 fully saturated rings. The molecule has 0 spiro atoms. The monoisotopic (exact) mass is 403 g/mol. The van der Waals surface area contributed by atoms with Gasteiger partial charge in [0.1, 0.15) is 6.54 Å². The Morgan fingerprint density at radius 2 is 1.75 bits per heavy atom. The second kappa shape index (κ2) is 10.2. The van der Waals surface area contributed by atoms with Gasteiger partial charge < -0.3 is 15.7 Å². The fourth-order valence-corrected chi connectivity index (χ4v) is 3.22. The number of hydrogen-bond donors (Lipinski definition) is 2. The second-order valence-corrected chi connectivity index (χ2v) is 6.74. The molecule has 0 radical (unpaired) electrons. The highest BCUT2D eigenvalue weighted by molar-refractivity contribution is 6.08. The minimum Gasteiger partial charge on any atom is -0.393 e. The summed E-state index contributed by atoms with van der Waals surface area (Å²) in [7, 11) is 0. The Morgan fingerprint density at radius 3 is 2.39 bits per heavy atom. The predicted molar refractivity (Wildman–Crippen MR) is 112 cm³/mol. The highest BCUT2D eigenvalue weighted by Crippen LogP contribution is 2.20. The molecule has 0 aliphatic carbocycles. The Hall–Kier alpha value is -2.41. The molecule has 28 heavy (non-hydrogen) atoms. The average Bonchev–Trinajstić information content (AvgIpc) is 2.72. The van der Waals surface area contributed by atoms with Gasteiger partial charge in [-0.1, -0.05) is 30.3 Å². The van der Waals surface area contributed by atoms with Crippen LogP contribution in [0.3, 0.4) is 0 Å². The van der Waals surface area contributed by atoms with Crippen LogP contribution in [0.2, 0.25) is 0 Å². The van der Waals surface area contributed by atoms with E-state index >= 15 is 0 Å². The predicted octanol–water partition coefficient (Wildman–Crippen LogP) is 2.20. The molecule has 0 atom stereocenters. The van der Waals surface area contributed by atoms with Gasteiger partial charge in [0.2, 0.25) is 5.91 Å². The molecule has 3 N–H and O–H groups in total. The fraction of sp³-hybridized carbons (Fsp3) is 0.333. The molecule has 2 amide bonds. The summed E-state index contributed by atoms with van der Waals surface area (Å²) >= 11 is 0. The van der Waals surface area contributed by atoms with Gasteiger partial charge in [0, 0.05) is 30.9 Å². The van der Waals surface area contributed by atoms with E-state index in [1.165, 1.54) is 4.90 Å². The normalized spacial score (nSPS) is 14.3. The Labute approximate surface area is 171 Å². The van der Waals surface area contributed by atoms with Crippen molar-refractivity contribution in [2.75, 3.05) is 24.5 Å². The highest BCUT2D eigenvalue weighted by atomic mass is 35.5. The molecule has 2 aromatic rings. The molecule has 3 rings (SSSR count). The standard InChI is InChI=1S/C21H25N3O3.ClH/c22-14-16-5-4-8-18(13-16)24(21(27)17-6-2-1-3-7-17)15-20(26)23-11-9-19(25)10-12-23;/h1-8,13,19,25H,9-12,14-15,22H2;1H. The third-order valence-electron chi connectivity index (χ3n) is 4.83. The van der Waals surface area contributed by atoms with Crippen LogP contribution in [0.15, 0.2) is 54.6 Å². The second-order valence-electron chi connectivity index (χ2n) is 6.74. The van der Waals surface area contributed by atoms with Gasteiger partial charge in [-0.2, -0.15) is 0 Å². The number of benzene rings is 2. The van der Waals surface area contributed by atoms with E-state index in [-0.39, 0.29) is 36.9 Å². The number of carbonyl (C=O) groups is 2. The maximum Gasteiger partial charge on any atom is 0.258 e. The SMILES string of the molecule is Cl.NCc1cccc(N(CC(=O)N2CCC(O)CC2)C(=O)c2ccccc2)c1. The van der Waals surface area contributed by atoms with Gasteiger partial charge in [-0.05, 0) is 42.7 Å². The van der Waals surface area contributed by atoms with Crippen LogP contribution in [0.25, 0.3) is 0 Å². The van der Waals surface area contributed by atoms with Crippen molar-refractivity contribution in [1.29, 1.82) is 0 Å². The summed E-state index contributed by atoms with van der Waals surface area (Å²) in [6.07, 6.45) is 0.791. The summed E-state index contributed by atoms with van der Waals surface area (Å²) in [6, 6.07) is 16.3. The Balaban J connectivity index is 0.00000280. The molecule has 2 aromatic carbocycles. The first-order valence-corrected chi connectivity index (χ1v) is 9.20. The molecule has 1 saturated heterocycles. The van der Waals surface area contributed by atoms with E-state index in [2.05, 4.69) is 0 Å². The molecule has 0 bridgehead atoms. The zero-order valence-corrected chi connectivity index (χ0v) is 16.5. The van der Waals surface area contributed by atoms with Crippen LogP contribution in [-0.2, 0) is 11.3 Å². The van der Waals surface area contributed by atoms with Crippen molar-refractivity contribution >= 4 is 29.9 Å². The van der Waals surface area contributed by atoms with Crippen LogP contribution >= 0.6 is 12.4 Å². The van der Waals surface area contributed by atoms with Crippen molar-refractivity contribution in [1.82, 2.24) is 4.90 Å². The van der Waals surface area contributed by atoms with E-state index in [1.807, 2.05) is 30.3 Å². The van der Waals surface area contributed by atoms with Crippen molar-refractivity contribution in [3.63, 3.8) is 0 Å². The first-order chi connectivity index (χ1) is 13.1. The third kappa shape index (κ3) is 5.32. The maximum atomic E-state index is 13.1. The maximum absolute atomic E-state index is 13.1. The van der Waals surface area contributed by atoms with Gasteiger partial charge in [0.25, 0.3) is 5.91 Å². The van der Waals surface area contributed by atoms with Crippen LogP contribution < -0.4 is 10.6 Å². The number of rotatable bonds is 5. The van der Waals surface area contributed by atoms with Crippen LogP contribution in [-0.4, -0.2) is 47.6 Å². The number of anilines is 1. The van der Waals surface area contributed by atoms with Crippen molar-refractivity contribution in [3.8, 4) is 0 Å². The lowest BCUT2D eigenvalue weighted by Crippen LogP contribution is -2.46. The molecule has 1 heterocycles. The summed E-state index contributed by atoms with van der Waals surface area (Å²) in [4.78, 5) is 29.1. The number of hydrogen-bond acceptors (Lipinski definition) is 4. The largest absolute Gasteiger partial charge is 0.393 e. The van der Waals surface area contributed by atoms with E-state index in [4.69, 9.17) is 5.73 Å². The van der Waals surface area contributed by atoms with E-state index in [0.717, 1.165) is 5.56 Å². The topological polar surface area (TPSA) is 86.9 Å². The van der Waals surface area contributed by atoms with E-state index in [0.29, 0.717) is 43.7 Å². The number of amides is 2. The summed E-state index contributed by atoms with van der Waals surface area (Å²) in [5.41, 5.74) is 7.81. The number of carbonyl (C=O) groups excluding carboxylic acids is 2. The minimum atomic E-state index is -0.350. The Morgan fingerprint density at radius 1 is 1.07 bits per heavy atom. The molecular weight excluding hydrogens is 378 g/mol. The van der Waals surface area contributed by atoms with Crippen molar-refractivity contribution in [2.24, 2.45) is 5.73 Å². The number of aliphatic hydroxyl groups excluding tert-OH is 1. The van der Waals surface area contributed by atoms with E-state index in [1.54, 1.807) is 29.2 Å². The Kier molecular flexibility index (Phi) is 7.99. The first kappa shape index (κ1) is 21.9. The molecule has 0 unspecified atom stereocenters. The first-order valence-electron chi connectivity index (χ1n) is 9.20. The van der Waals surface area contributed by atoms with E-state index < -0.39 is 0 Å². The summed E-state index contributed by atoms with van der Waals surface area (Å²) < 4.78 is 0. The number of aliphatic hydroxyl groups is 1. The van der Waals surface area contributed by atoms with E-state index in [9.17, 15) is 14.7 Å². The van der Waals surface area contributed by atoms with Crippen molar-refractivity contribution in [2.45, 2.75) is 25.5 Å². The molecular formula is C21H26ClN3O3. The molecule has 6 nitrogen and oxygen atoms in total. The summed E-state index contributed by atoms with van der Waals surface area (Å²) in [5, 5.41) is 9.65. The number of piperidine rings is 1. The summed E-state index contributed by atoms with van der Waals surface area (Å²) in [5.74, 6) is -0.348. The number of likely N-dealkylation sites (tertiary alicyclic amines) is 1. The molecule has 150 valence electrons. The third-order valence-corrected chi connectivity index (χ3v) is 4.83.